The maximum Gasteiger partial charge on any atom is 0.389 e. The molecule has 0 saturated carbocycles. The summed E-state index contributed by atoms with van der Waals surface area (Å²) in [6.07, 6.45) is -6.10. The molecule has 0 rings (SSSR count). The lowest BCUT2D eigenvalue weighted by Crippen LogP contribution is -2.21. The van der Waals surface area contributed by atoms with E-state index in [2.05, 4.69) is 0 Å². The minimum Gasteiger partial charge on any atom is -0.512 e. The van der Waals surface area contributed by atoms with Crippen LogP contribution in [0.5, 0.6) is 0 Å². The highest BCUT2D eigenvalue weighted by Gasteiger charge is 2.30. The second-order valence-electron chi connectivity index (χ2n) is 5.56. The number of aliphatic hydroxyl groups excluding tert-OH is 1. The molecule has 0 aliphatic rings. The molecular weight excluding hydrogens is 257 g/mol. The SMILES string of the molecule is C/C(C(=O)CCC(F)(F)F)=C(/O)C(C(C)C)C(C)C. The lowest BCUT2D eigenvalue weighted by Gasteiger charge is -2.25. The molecule has 0 heterocycles. The molecule has 0 aliphatic carbocycles. The van der Waals surface area contributed by atoms with Crippen molar-refractivity contribution >= 4 is 5.78 Å². The summed E-state index contributed by atoms with van der Waals surface area (Å²) in [4.78, 5) is 11.7. The van der Waals surface area contributed by atoms with Crippen molar-refractivity contribution in [2.45, 2.75) is 53.6 Å². The number of Topliss-reactive ketones (excluding diaryl/α,β-unsaturated/α-hetero) is 1. The van der Waals surface area contributed by atoms with Crippen LogP contribution in [0.15, 0.2) is 11.3 Å². The zero-order valence-corrected chi connectivity index (χ0v) is 12.1. The van der Waals surface area contributed by atoms with E-state index in [1.165, 1.54) is 6.92 Å². The van der Waals surface area contributed by atoms with Gasteiger partial charge in [-0.05, 0) is 18.8 Å². The molecular formula is C14H23F3O2. The highest BCUT2D eigenvalue weighted by atomic mass is 19.4. The van der Waals surface area contributed by atoms with Gasteiger partial charge in [0.15, 0.2) is 5.78 Å². The van der Waals surface area contributed by atoms with Gasteiger partial charge >= 0.3 is 6.18 Å². The maximum atomic E-state index is 12.1. The Morgan fingerprint density at radius 3 is 1.84 bits per heavy atom. The number of ketones is 1. The van der Waals surface area contributed by atoms with Gasteiger partial charge in [0.1, 0.15) is 5.76 Å². The molecule has 0 spiro atoms. The number of carbonyl (C=O) groups excluding carboxylic acids is 1. The first-order valence-corrected chi connectivity index (χ1v) is 6.47. The van der Waals surface area contributed by atoms with Crippen molar-refractivity contribution in [2.24, 2.45) is 17.8 Å². The number of hydrogen-bond donors (Lipinski definition) is 1. The Hall–Kier alpha value is -1.00. The van der Waals surface area contributed by atoms with Crippen molar-refractivity contribution < 1.29 is 23.1 Å². The highest BCUT2D eigenvalue weighted by Crippen LogP contribution is 2.30. The Morgan fingerprint density at radius 1 is 1.11 bits per heavy atom. The van der Waals surface area contributed by atoms with Gasteiger partial charge in [-0.1, -0.05) is 27.7 Å². The Morgan fingerprint density at radius 2 is 1.53 bits per heavy atom. The van der Waals surface area contributed by atoms with E-state index in [0.29, 0.717) is 0 Å². The third kappa shape index (κ3) is 6.12. The van der Waals surface area contributed by atoms with Crippen LogP contribution in [-0.4, -0.2) is 17.1 Å². The average molecular weight is 280 g/mol. The molecule has 0 fully saturated rings. The zero-order chi connectivity index (χ0) is 15.4. The lowest BCUT2D eigenvalue weighted by molar-refractivity contribution is -0.141. The summed E-state index contributed by atoms with van der Waals surface area (Å²) in [5.41, 5.74) is 0.0525. The number of hydrogen-bond acceptors (Lipinski definition) is 2. The number of alkyl halides is 3. The molecule has 2 nitrogen and oxygen atoms in total. The molecule has 0 radical (unpaired) electrons. The van der Waals surface area contributed by atoms with Gasteiger partial charge in [-0.15, -0.1) is 0 Å². The monoisotopic (exact) mass is 280 g/mol. The van der Waals surface area contributed by atoms with E-state index in [-0.39, 0.29) is 29.1 Å². The molecule has 0 aromatic carbocycles. The van der Waals surface area contributed by atoms with Crippen molar-refractivity contribution in [1.29, 1.82) is 0 Å². The third-order valence-electron chi connectivity index (χ3n) is 3.19. The summed E-state index contributed by atoms with van der Waals surface area (Å²) in [6.45, 7) is 9.04. The van der Waals surface area contributed by atoms with Crippen LogP contribution in [0.3, 0.4) is 0 Å². The normalized spacial score (nSPS) is 14.3. The minimum atomic E-state index is -4.35. The van der Waals surface area contributed by atoms with E-state index in [4.69, 9.17) is 0 Å². The molecule has 5 heteroatoms. The van der Waals surface area contributed by atoms with Gasteiger partial charge in [-0.25, -0.2) is 0 Å². The van der Waals surface area contributed by atoms with Gasteiger partial charge in [0.2, 0.25) is 0 Å². The second kappa shape index (κ2) is 6.96. The molecule has 112 valence electrons. The molecule has 19 heavy (non-hydrogen) atoms. The van der Waals surface area contributed by atoms with E-state index in [1.54, 1.807) is 0 Å². The third-order valence-corrected chi connectivity index (χ3v) is 3.19. The van der Waals surface area contributed by atoms with Gasteiger partial charge in [0.25, 0.3) is 0 Å². The van der Waals surface area contributed by atoms with Crippen molar-refractivity contribution in [3.63, 3.8) is 0 Å². The molecule has 0 aliphatic heterocycles. The highest BCUT2D eigenvalue weighted by molar-refractivity contribution is 5.95. The fourth-order valence-corrected chi connectivity index (χ4v) is 2.24. The Labute approximate surface area is 112 Å². The predicted molar refractivity (Wildman–Crippen MR) is 68.8 cm³/mol. The summed E-state index contributed by atoms with van der Waals surface area (Å²) in [6, 6.07) is 0. The molecule has 0 unspecified atom stereocenters. The Balaban J connectivity index is 4.96. The van der Waals surface area contributed by atoms with Gasteiger partial charge < -0.3 is 5.11 Å². The molecule has 1 N–H and O–H groups in total. The summed E-state index contributed by atoms with van der Waals surface area (Å²) in [5, 5.41) is 10.1. The first-order chi connectivity index (χ1) is 8.47. The van der Waals surface area contributed by atoms with Crippen molar-refractivity contribution in [3.05, 3.63) is 11.3 Å². The van der Waals surface area contributed by atoms with Gasteiger partial charge in [-0.3, -0.25) is 4.79 Å². The fraction of sp³-hybridized carbons (Fsp3) is 0.786. The summed E-state index contributed by atoms with van der Waals surface area (Å²) in [7, 11) is 0. The Kier molecular flexibility index (Phi) is 6.60. The summed E-state index contributed by atoms with van der Waals surface area (Å²) < 4.78 is 36.2. The number of allylic oxidation sites excluding steroid dienone is 2. The van der Waals surface area contributed by atoms with Gasteiger partial charge in [0.05, 0.1) is 6.42 Å². The molecule has 0 saturated heterocycles. The zero-order valence-electron chi connectivity index (χ0n) is 12.1. The van der Waals surface area contributed by atoms with E-state index < -0.39 is 24.8 Å². The van der Waals surface area contributed by atoms with E-state index in [0.717, 1.165) is 0 Å². The fourth-order valence-electron chi connectivity index (χ4n) is 2.24. The van der Waals surface area contributed by atoms with Crippen LogP contribution in [-0.2, 0) is 4.79 Å². The van der Waals surface area contributed by atoms with Gasteiger partial charge in [0, 0.05) is 17.9 Å². The summed E-state index contributed by atoms with van der Waals surface area (Å²) in [5.74, 6) is -0.691. The van der Waals surface area contributed by atoms with E-state index >= 15 is 0 Å². The topological polar surface area (TPSA) is 37.3 Å². The first-order valence-electron chi connectivity index (χ1n) is 6.47. The lowest BCUT2D eigenvalue weighted by atomic mass is 9.82. The predicted octanol–water partition coefficient (Wildman–Crippen LogP) is 4.66. The van der Waals surface area contributed by atoms with Crippen LogP contribution in [0.1, 0.15) is 47.5 Å². The van der Waals surface area contributed by atoms with Crippen LogP contribution in [0.2, 0.25) is 0 Å². The van der Waals surface area contributed by atoms with Crippen LogP contribution >= 0.6 is 0 Å². The molecule has 0 atom stereocenters. The van der Waals surface area contributed by atoms with Crippen molar-refractivity contribution in [3.8, 4) is 0 Å². The standard InChI is InChI=1S/C14H23F3O2/c1-8(2)12(9(3)4)13(19)10(5)11(18)6-7-14(15,16)17/h8-9,12,19H,6-7H2,1-5H3/b13-10-. The first kappa shape index (κ1) is 18.0. The van der Waals surface area contributed by atoms with E-state index in [9.17, 15) is 23.1 Å². The van der Waals surface area contributed by atoms with Crippen LogP contribution in [0.25, 0.3) is 0 Å². The quantitative estimate of drug-likeness (QED) is 0.567. The smallest absolute Gasteiger partial charge is 0.389 e. The minimum absolute atomic E-state index is 0.0525. The van der Waals surface area contributed by atoms with Crippen LogP contribution < -0.4 is 0 Å². The van der Waals surface area contributed by atoms with Crippen LogP contribution in [0.4, 0.5) is 13.2 Å². The van der Waals surface area contributed by atoms with Crippen molar-refractivity contribution in [2.75, 3.05) is 0 Å². The number of carbonyl (C=O) groups is 1. The molecule has 0 amide bonds. The second-order valence-corrected chi connectivity index (χ2v) is 5.56. The van der Waals surface area contributed by atoms with Crippen LogP contribution in [0, 0.1) is 17.8 Å². The number of halogens is 3. The summed E-state index contributed by atoms with van der Waals surface area (Å²) >= 11 is 0. The average Bonchev–Trinajstić information content (AvgIpc) is 2.22. The molecule has 0 aromatic rings. The maximum absolute atomic E-state index is 12.1. The number of aliphatic hydroxyl groups is 1. The molecule has 0 bridgehead atoms. The van der Waals surface area contributed by atoms with Gasteiger partial charge in [-0.2, -0.15) is 13.2 Å². The number of rotatable bonds is 6. The Bertz CT molecular complexity index is 333. The van der Waals surface area contributed by atoms with E-state index in [1.807, 2.05) is 27.7 Å². The largest absolute Gasteiger partial charge is 0.512 e. The molecule has 0 aromatic heterocycles. The van der Waals surface area contributed by atoms with Crippen molar-refractivity contribution in [1.82, 2.24) is 0 Å².